The maximum atomic E-state index is 12.6. The standard InChI is InChI=1S/C30H47NO8/c1-9-11-19(3)27(33)38-24-14-13-22(16-25(24)39-28(34)20(4)12-10-2)15-23(31)29(35)37-21(5)18-36-26(32)17-30(6,7)8/h13-14,16,19-21,23H,9-12,15,17-18,31H2,1-8H3/t19?,20?,21-,23-/m0/s1. The second-order valence-corrected chi connectivity index (χ2v) is 11.5. The number of rotatable bonds is 15. The molecule has 0 aliphatic carbocycles. The molecular weight excluding hydrogens is 502 g/mol. The Kier molecular flexibility index (Phi) is 14.2. The molecular formula is C30H47NO8. The van der Waals surface area contributed by atoms with E-state index in [9.17, 15) is 19.2 Å². The number of carbonyl (C=O) groups is 4. The lowest BCUT2D eigenvalue weighted by Gasteiger charge is -2.20. The van der Waals surface area contributed by atoms with Gasteiger partial charge >= 0.3 is 23.9 Å². The van der Waals surface area contributed by atoms with E-state index in [1.54, 1.807) is 32.9 Å². The molecule has 0 heterocycles. The average Bonchev–Trinajstić information content (AvgIpc) is 2.83. The molecule has 0 fully saturated rings. The summed E-state index contributed by atoms with van der Waals surface area (Å²) in [4.78, 5) is 49.6. The van der Waals surface area contributed by atoms with Gasteiger partial charge in [-0.05, 0) is 49.3 Å². The Labute approximate surface area is 233 Å². The first kappa shape index (κ1) is 34.1. The van der Waals surface area contributed by atoms with Crippen LogP contribution in [-0.4, -0.2) is 42.6 Å². The summed E-state index contributed by atoms with van der Waals surface area (Å²) in [5.74, 6) is -2.30. The van der Waals surface area contributed by atoms with Gasteiger partial charge in [-0.3, -0.25) is 19.2 Å². The van der Waals surface area contributed by atoms with Gasteiger partial charge in [0.15, 0.2) is 11.5 Å². The van der Waals surface area contributed by atoms with Crippen molar-refractivity contribution < 1.29 is 38.1 Å². The third kappa shape index (κ3) is 13.1. The van der Waals surface area contributed by atoms with Crippen LogP contribution in [0.25, 0.3) is 0 Å². The van der Waals surface area contributed by atoms with Crippen LogP contribution in [0.2, 0.25) is 0 Å². The Morgan fingerprint density at radius 2 is 1.38 bits per heavy atom. The molecule has 2 unspecified atom stereocenters. The monoisotopic (exact) mass is 549 g/mol. The largest absolute Gasteiger partial charge is 0.462 e. The summed E-state index contributed by atoms with van der Waals surface area (Å²) in [5.41, 5.74) is 6.48. The van der Waals surface area contributed by atoms with Gasteiger partial charge in [0.05, 0.1) is 18.3 Å². The summed E-state index contributed by atoms with van der Waals surface area (Å²) in [6, 6.07) is 3.73. The molecule has 4 atom stereocenters. The summed E-state index contributed by atoms with van der Waals surface area (Å²) in [5, 5.41) is 0. The van der Waals surface area contributed by atoms with Crippen molar-refractivity contribution in [2.24, 2.45) is 23.0 Å². The van der Waals surface area contributed by atoms with Crippen LogP contribution in [0.1, 0.15) is 93.1 Å². The van der Waals surface area contributed by atoms with Gasteiger partial charge in [-0.1, -0.05) is 67.4 Å². The first-order chi connectivity index (χ1) is 18.2. The van der Waals surface area contributed by atoms with E-state index < -0.39 is 30.1 Å². The third-order valence-electron chi connectivity index (χ3n) is 5.91. The summed E-state index contributed by atoms with van der Waals surface area (Å²) >= 11 is 0. The summed E-state index contributed by atoms with van der Waals surface area (Å²) in [6.07, 6.45) is 2.64. The van der Waals surface area contributed by atoms with Crippen LogP contribution in [0.3, 0.4) is 0 Å². The molecule has 0 radical (unpaired) electrons. The van der Waals surface area contributed by atoms with Gasteiger partial charge < -0.3 is 24.7 Å². The van der Waals surface area contributed by atoms with Crippen molar-refractivity contribution in [3.05, 3.63) is 23.8 Å². The summed E-state index contributed by atoms with van der Waals surface area (Å²) < 4.78 is 21.7. The van der Waals surface area contributed by atoms with Crippen molar-refractivity contribution in [1.82, 2.24) is 0 Å². The van der Waals surface area contributed by atoms with E-state index in [2.05, 4.69) is 0 Å². The molecule has 1 aromatic rings. The van der Waals surface area contributed by atoms with E-state index in [0.29, 0.717) is 18.4 Å². The fourth-order valence-corrected chi connectivity index (χ4v) is 3.71. The Hall–Kier alpha value is -2.94. The first-order valence-electron chi connectivity index (χ1n) is 13.8. The fourth-order valence-electron chi connectivity index (χ4n) is 3.71. The van der Waals surface area contributed by atoms with Gasteiger partial charge in [0.25, 0.3) is 0 Å². The molecule has 2 N–H and O–H groups in total. The van der Waals surface area contributed by atoms with Gasteiger partial charge in [-0.25, -0.2) is 0 Å². The number of nitrogens with two attached hydrogens (primary N) is 1. The molecule has 0 saturated heterocycles. The third-order valence-corrected chi connectivity index (χ3v) is 5.91. The molecule has 39 heavy (non-hydrogen) atoms. The molecule has 9 heteroatoms. The lowest BCUT2D eigenvalue weighted by atomic mass is 9.92. The Bertz CT molecular complexity index is 968. The van der Waals surface area contributed by atoms with Crippen molar-refractivity contribution in [2.75, 3.05) is 6.61 Å². The molecule has 0 spiro atoms. The van der Waals surface area contributed by atoms with Crippen molar-refractivity contribution >= 4 is 23.9 Å². The predicted molar refractivity (Wildman–Crippen MR) is 148 cm³/mol. The van der Waals surface area contributed by atoms with Gasteiger partial charge in [0.1, 0.15) is 18.8 Å². The number of hydrogen-bond acceptors (Lipinski definition) is 9. The molecule has 1 rings (SSSR count). The molecule has 0 aliphatic heterocycles. The minimum Gasteiger partial charge on any atom is -0.462 e. The molecule has 0 aliphatic rings. The molecule has 0 saturated carbocycles. The van der Waals surface area contributed by atoms with Crippen LogP contribution in [0, 0.1) is 17.3 Å². The van der Waals surface area contributed by atoms with Crippen molar-refractivity contribution in [3.8, 4) is 11.5 Å². The van der Waals surface area contributed by atoms with Gasteiger partial charge in [-0.2, -0.15) is 0 Å². The van der Waals surface area contributed by atoms with Crippen LogP contribution in [0.15, 0.2) is 18.2 Å². The van der Waals surface area contributed by atoms with E-state index in [1.165, 1.54) is 6.07 Å². The first-order valence-corrected chi connectivity index (χ1v) is 13.8. The van der Waals surface area contributed by atoms with Crippen LogP contribution in [-0.2, 0) is 35.1 Å². The summed E-state index contributed by atoms with van der Waals surface area (Å²) in [6.45, 7) is 14.9. The van der Waals surface area contributed by atoms with E-state index in [0.717, 1.165) is 12.8 Å². The number of hydrogen-bond donors (Lipinski definition) is 1. The smallest absolute Gasteiger partial charge is 0.323 e. The second kappa shape index (κ2) is 16.2. The molecule has 9 nitrogen and oxygen atoms in total. The molecule has 0 aromatic heterocycles. The zero-order valence-electron chi connectivity index (χ0n) is 24.8. The molecule has 0 bridgehead atoms. The van der Waals surface area contributed by atoms with Crippen molar-refractivity contribution in [3.63, 3.8) is 0 Å². The van der Waals surface area contributed by atoms with E-state index >= 15 is 0 Å². The number of carbonyl (C=O) groups excluding carboxylic acids is 4. The highest BCUT2D eigenvalue weighted by molar-refractivity contribution is 5.79. The predicted octanol–water partition coefficient (Wildman–Crippen LogP) is 5.15. The van der Waals surface area contributed by atoms with Crippen molar-refractivity contribution in [2.45, 2.75) is 106 Å². The fraction of sp³-hybridized carbons (Fsp3) is 0.667. The van der Waals surface area contributed by atoms with Gasteiger partial charge in [0.2, 0.25) is 0 Å². The highest BCUT2D eigenvalue weighted by Crippen LogP contribution is 2.31. The highest BCUT2D eigenvalue weighted by atomic mass is 16.6. The zero-order chi connectivity index (χ0) is 29.8. The van der Waals surface area contributed by atoms with Crippen LogP contribution in [0.4, 0.5) is 0 Å². The summed E-state index contributed by atoms with van der Waals surface area (Å²) in [7, 11) is 0. The van der Waals surface area contributed by atoms with Gasteiger partial charge in [-0.15, -0.1) is 0 Å². The lowest BCUT2D eigenvalue weighted by molar-refractivity contribution is -0.159. The van der Waals surface area contributed by atoms with Crippen molar-refractivity contribution in [1.29, 1.82) is 0 Å². The minimum absolute atomic E-state index is 0.0695. The maximum Gasteiger partial charge on any atom is 0.323 e. The van der Waals surface area contributed by atoms with E-state index in [1.807, 2.05) is 34.6 Å². The molecule has 220 valence electrons. The quantitative estimate of drug-likeness (QED) is 0.233. The highest BCUT2D eigenvalue weighted by Gasteiger charge is 2.24. The SMILES string of the molecule is CCCC(C)C(=O)Oc1ccc(C[C@H](N)C(=O)O[C@@H](C)COC(=O)CC(C)(C)C)cc1OC(=O)C(C)CCC. The van der Waals surface area contributed by atoms with Crippen LogP contribution < -0.4 is 15.2 Å². The normalized spacial score (nSPS) is 14.5. The lowest BCUT2D eigenvalue weighted by Crippen LogP contribution is -2.37. The maximum absolute atomic E-state index is 12.6. The van der Waals surface area contributed by atoms with Crippen LogP contribution in [0.5, 0.6) is 11.5 Å². The van der Waals surface area contributed by atoms with Crippen LogP contribution >= 0.6 is 0 Å². The average molecular weight is 550 g/mol. The number of benzene rings is 1. The minimum atomic E-state index is -1.02. The Balaban J connectivity index is 2.92. The topological polar surface area (TPSA) is 131 Å². The molecule has 1 aromatic carbocycles. The number of ether oxygens (including phenoxy) is 4. The zero-order valence-corrected chi connectivity index (χ0v) is 24.8. The number of esters is 4. The molecule has 0 amide bonds. The Morgan fingerprint density at radius 3 is 1.90 bits per heavy atom. The second-order valence-electron chi connectivity index (χ2n) is 11.5. The van der Waals surface area contributed by atoms with Gasteiger partial charge in [0, 0.05) is 0 Å². The Morgan fingerprint density at radius 1 is 0.846 bits per heavy atom. The van der Waals surface area contributed by atoms with E-state index in [-0.39, 0.29) is 54.2 Å². The van der Waals surface area contributed by atoms with E-state index in [4.69, 9.17) is 24.7 Å².